The molecule has 0 saturated heterocycles. The van der Waals surface area contributed by atoms with Crippen molar-refractivity contribution in [3.63, 3.8) is 0 Å². The zero-order valence-corrected chi connectivity index (χ0v) is 18.1. The highest BCUT2D eigenvalue weighted by molar-refractivity contribution is 7.99. The number of hydrogen-bond donors (Lipinski definition) is 1. The predicted octanol–water partition coefficient (Wildman–Crippen LogP) is 4.56. The Labute approximate surface area is 187 Å². The number of hydrogen-bond acceptors (Lipinski definition) is 7. The van der Waals surface area contributed by atoms with Crippen LogP contribution < -0.4 is 5.32 Å². The van der Waals surface area contributed by atoms with Crippen LogP contribution in [0.3, 0.4) is 0 Å². The number of carbonyl (C=O) groups excluding carboxylic acids is 2. The number of aromatic nitrogens is 2. The van der Waals surface area contributed by atoms with Crippen LogP contribution in [0.1, 0.15) is 18.0 Å². The van der Waals surface area contributed by atoms with Gasteiger partial charge in [0.25, 0.3) is 5.22 Å². The summed E-state index contributed by atoms with van der Waals surface area (Å²) in [5.74, 6) is -0.366. The number of amides is 1. The molecule has 1 amide bonds. The van der Waals surface area contributed by atoms with Crippen LogP contribution >= 0.6 is 35.0 Å². The second kappa shape index (κ2) is 10.5. The molecule has 3 rings (SSSR count). The van der Waals surface area contributed by atoms with E-state index in [-0.39, 0.29) is 23.3 Å². The Kier molecular flexibility index (Phi) is 7.73. The van der Waals surface area contributed by atoms with Gasteiger partial charge in [-0.3, -0.25) is 9.59 Å². The summed E-state index contributed by atoms with van der Waals surface area (Å²) >= 11 is 12.9. The second-order valence-corrected chi connectivity index (χ2v) is 7.92. The lowest BCUT2D eigenvalue weighted by Crippen LogP contribution is -2.31. The van der Waals surface area contributed by atoms with E-state index in [9.17, 15) is 9.59 Å². The first kappa shape index (κ1) is 22.1. The standard InChI is InChI=1S/C20H17Cl2N3O4S/c1-28-18(27)10-16(12-2-6-14(21)7-3-12)23-17(26)11-30-20-25-24-19(29-20)13-4-8-15(22)9-5-13/h2-9,16H,10-11H2,1H3,(H,23,26). The van der Waals surface area contributed by atoms with Crippen LogP contribution in [-0.2, 0) is 14.3 Å². The summed E-state index contributed by atoms with van der Waals surface area (Å²) in [6, 6.07) is 13.3. The van der Waals surface area contributed by atoms with Gasteiger partial charge >= 0.3 is 5.97 Å². The van der Waals surface area contributed by atoms with Crippen LogP contribution in [0, 0.1) is 0 Å². The van der Waals surface area contributed by atoms with E-state index in [2.05, 4.69) is 15.5 Å². The van der Waals surface area contributed by atoms with E-state index in [1.807, 2.05) is 0 Å². The van der Waals surface area contributed by atoms with Crippen LogP contribution in [0.4, 0.5) is 0 Å². The van der Waals surface area contributed by atoms with Crippen molar-refractivity contribution >= 4 is 46.8 Å². The van der Waals surface area contributed by atoms with Crippen molar-refractivity contribution in [1.29, 1.82) is 0 Å². The monoisotopic (exact) mass is 465 g/mol. The minimum absolute atomic E-state index is 0.00416. The van der Waals surface area contributed by atoms with E-state index in [1.54, 1.807) is 48.5 Å². The maximum atomic E-state index is 12.4. The number of esters is 1. The summed E-state index contributed by atoms with van der Waals surface area (Å²) in [6.45, 7) is 0. The van der Waals surface area contributed by atoms with Gasteiger partial charge in [0.05, 0.1) is 25.3 Å². The number of methoxy groups -OCH3 is 1. The second-order valence-electron chi connectivity index (χ2n) is 6.12. The van der Waals surface area contributed by atoms with Gasteiger partial charge in [0.1, 0.15) is 0 Å². The van der Waals surface area contributed by atoms with Crippen LogP contribution in [0.5, 0.6) is 0 Å². The third-order valence-corrected chi connectivity index (χ3v) is 5.35. The Morgan fingerprint density at radius 2 is 1.70 bits per heavy atom. The number of thioether (sulfide) groups is 1. The lowest BCUT2D eigenvalue weighted by atomic mass is 10.0. The van der Waals surface area contributed by atoms with E-state index in [4.69, 9.17) is 32.4 Å². The summed E-state index contributed by atoms with van der Waals surface area (Å²) in [5.41, 5.74) is 1.47. The Morgan fingerprint density at radius 1 is 1.07 bits per heavy atom. The number of rotatable bonds is 8. The summed E-state index contributed by atoms with van der Waals surface area (Å²) in [7, 11) is 1.30. The first-order chi connectivity index (χ1) is 14.4. The SMILES string of the molecule is COC(=O)CC(NC(=O)CSc1nnc(-c2ccc(Cl)cc2)o1)c1ccc(Cl)cc1. The maximum Gasteiger partial charge on any atom is 0.307 e. The Morgan fingerprint density at radius 3 is 2.33 bits per heavy atom. The Bertz CT molecular complexity index is 1010. The number of nitrogens with zero attached hydrogens (tertiary/aromatic N) is 2. The number of nitrogens with one attached hydrogen (secondary N) is 1. The molecule has 30 heavy (non-hydrogen) atoms. The largest absolute Gasteiger partial charge is 0.469 e. The minimum atomic E-state index is -0.546. The average molecular weight is 466 g/mol. The highest BCUT2D eigenvalue weighted by Crippen LogP contribution is 2.25. The third kappa shape index (κ3) is 6.22. The minimum Gasteiger partial charge on any atom is -0.469 e. The van der Waals surface area contributed by atoms with Crippen molar-refractivity contribution in [1.82, 2.24) is 15.5 Å². The lowest BCUT2D eigenvalue weighted by molar-refractivity contribution is -0.141. The van der Waals surface area contributed by atoms with Gasteiger partial charge in [0.2, 0.25) is 11.8 Å². The number of benzene rings is 2. The fourth-order valence-corrected chi connectivity index (χ4v) is 3.36. The summed E-state index contributed by atoms with van der Waals surface area (Å²) in [6.07, 6.45) is -0.00416. The van der Waals surface area contributed by atoms with Crippen LogP contribution in [-0.4, -0.2) is 34.9 Å². The van der Waals surface area contributed by atoms with Gasteiger partial charge < -0.3 is 14.5 Å². The summed E-state index contributed by atoms with van der Waals surface area (Å²) < 4.78 is 10.3. The topological polar surface area (TPSA) is 94.3 Å². The molecule has 0 radical (unpaired) electrons. The summed E-state index contributed by atoms with van der Waals surface area (Å²) in [4.78, 5) is 24.2. The van der Waals surface area contributed by atoms with Crippen LogP contribution in [0.15, 0.2) is 58.2 Å². The molecule has 1 aromatic heterocycles. The van der Waals surface area contributed by atoms with Crippen LogP contribution in [0.25, 0.3) is 11.5 Å². The molecule has 0 bridgehead atoms. The van der Waals surface area contributed by atoms with Crippen molar-refractivity contribution in [3.05, 3.63) is 64.1 Å². The normalized spacial score (nSPS) is 11.7. The van der Waals surface area contributed by atoms with Gasteiger partial charge in [0, 0.05) is 15.6 Å². The van der Waals surface area contributed by atoms with Gasteiger partial charge in [-0.05, 0) is 42.0 Å². The van der Waals surface area contributed by atoms with Gasteiger partial charge in [-0.1, -0.05) is 47.1 Å². The summed E-state index contributed by atoms with van der Waals surface area (Å²) in [5, 5.41) is 12.2. The zero-order valence-electron chi connectivity index (χ0n) is 15.8. The molecule has 10 heteroatoms. The number of ether oxygens (including phenoxy) is 1. The quantitative estimate of drug-likeness (QED) is 0.384. The highest BCUT2D eigenvalue weighted by Gasteiger charge is 2.20. The Balaban J connectivity index is 1.60. The van der Waals surface area contributed by atoms with Gasteiger partial charge in [-0.2, -0.15) is 0 Å². The van der Waals surface area contributed by atoms with Gasteiger partial charge in [-0.15, -0.1) is 10.2 Å². The molecule has 0 saturated carbocycles. The van der Waals surface area contributed by atoms with E-state index in [1.165, 1.54) is 7.11 Å². The molecule has 7 nitrogen and oxygen atoms in total. The molecule has 2 aromatic carbocycles. The predicted molar refractivity (Wildman–Crippen MR) is 114 cm³/mol. The Hall–Kier alpha value is -2.55. The molecule has 156 valence electrons. The third-order valence-electron chi connectivity index (χ3n) is 4.03. The molecule has 0 aliphatic rings. The highest BCUT2D eigenvalue weighted by atomic mass is 35.5. The first-order valence-corrected chi connectivity index (χ1v) is 10.5. The number of halogens is 2. The molecular formula is C20H17Cl2N3O4S. The average Bonchev–Trinajstić information content (AvgIpc) is 3.22. The molecule has 1 atom stereocenters. The van der Waals surface area contributed by atoms with E-state index >= 15 is 0 Å². The molecule has 1 unspecified atom stereocenters. The van der Waals surface area contributed by atoms with Crippen molar-refractivity contribution in [2.45, 2.75) is 17.7 Å². The molecular weight excluding hydrogens is 449 g/mol. The molecule has 3 aromatic rings. The lowest BCUT2D eigenvalue weighted by Gasteiger charge is -2.18. The smallest absolute Gasteiger partial charge is 0.307 e. The molecule has 0 aliphatic heterocycles. The molecule has 0 fully saturated rings. The molecule has 0 spiro atoms. The fraction of sp³-hybridized carbons (Fsp3) is 0.200. The van der Waals surface area contributed by atoms with E-state index in [0.717, 1.165) is 22.9 Å². The van der Waals surface area contributed by atoms with E-state index < -0.39 is 12.0 Å². The molecule has 1 N–H and O–H groups in total. The molecule has 1 heterocycles. The fourth-order valence-electron chi connectivity index (χ4n) is 2.54. The van der Waals surface area contributed by atoms with Crippen molar-refractivity contribution in [3.8, 4) is 11.5 Å². The van der Waals surface area contributed by atoms with Gasteiger partial charge in [-0.25, -0.2) is 0 Å². The van der Waals surface area contributed by atoms with E-state index in [0.29, 0.717) is 15.9 Å². The van der Waals surface area contributed by atoms with Crippen molar-refractivity contribution < 1.29 is 18.7 Å². The van der Waals surface area contributed by atoms with Gasteiger partial charge in [0.15, 0.2) is 0 Å². The zero-order chi connectivity index (χ0) is 21.5. The first-order valence-electron chi connectivity index (χ1n) is 8.78. The maximum absolute atomic E-state index is 12.4. The van der Waals surface area contributed by atoms with Crippen molar-refractivity contribution in [2.24, 2.45) is 0 Å². The molecule has 0 aliphatic carbocycles. The van der Waals surface area contributed by atoms with Crippen molar-refractivity contribution in [2.75, 3.05) is 12.9 Å². The van der Waals surface area contributed by atoms with Crippen LogP contribution in [0.2, 0.25) is 10.0 Å². The number of carbonyl (C=O) groups is 2.